The summed E-state index contributed by atoms with van der Waals surface area (Å²) < 4.78 is 18.5. The van der Waals surface area contributed by atoms with Gasteiger partial charge in [0.05, 0.1) is 12.7 Å². The topological polar surface area (TPSA) is 45.0 Å². The minimum Gasteiger partial charge on any atom is -0.491 e. The second kappa shape index (κ2) is 5.96. The van der Waals surface area contributed by atoms with Gasteiger partial charge in [-0.05, 0) is 25.5 Å². The van der Waals surface area contributed by atoms with Crippen molar-refractivity contribution >= 4 is 5.69 Å². The molecule has 86 valence electrons. The number of ether oxygens (including phenoxy) is 1. The number of nitrogens with zero attached hydrogens (tertiary/aromatic N) is 1. The lowest BCUT2D eigenvalue weighted by Crippen LogP contribution is -2.15. The van der Waals surface area contributed by atoms with Crippen LogP contribution in [-0.4, -0.2) is 12.6 Å². The van der Waals surface area contributed by atoms with Crippen LogP contribution in [0.4, 0.5) is 10.1 Å². The van der Waals surface area contributed by atoms with Crippen LogP contribution in [0.25, 0.3) is 0 Å². The summed E-state index contributed by atoms with van der Waals surface area (Å²) in [5.74, 6) is -0.183. The third kappa shape index (κ3) is 3.13. The molecule has 0 amide bonds. The summed E-state index contributed by atoms with van der Waals surface area (Å²) in [6.07, 6.45) is 0.672. The lowest BCUT2D eigenvalue weighted by molar-refractivity contribution is 0.321. The Morgan fingerprint density at radius 3 is 2.75 bits per heavy atom. The van der Waals surface area contributed by atoms with Gasteiger partial charge in [-0.15, -0.1) is 0 Å². The fourth-order valence-corrected chi connectivity index (χ4v) is 1.29. The fraction of sp³-hybridized carbons (Fsp3) is 0.417. The first kappa shape index (κ1) is 12.3. The van der Waals surface area contributed by atoms with Crippen molar-refractivity contribution < 1.29 is 9.13 Å². The molecule has 1 aromatic carbocycles. The van der Waals surface area contributed by atoms with Crippen molar-refractivity contribution in [1.82, 2.24) is 0 Å². The average molecular weight is 222 g/mol. The van der Waals surface area contributed by atoms with Gasteiger partial charge in [-0.2, -0.15) is 5.26 Å². The van der Waals surface area contributed by atoms with Crippen LogP contribution in [0, 0.1) is 17.1 Å². The van der Waals surface area contributed by atoms with Crippen molar-refractivity contribution in [3.05, 3.63) is 24.0 Å². The normalized spacial score (nSPS) is 11.6. The van der Waals surface area contributed by atoms with E-state index >= 15 is 0 Å². The minimum absolute atomic E-state index is 0.234. The number of anilines is 1. The van der Waals surface area contributed by atoms with Crippen LogP contribution < -0.4 is 10.1 Å². The predicted octanol–water partition coefficient (Wildman–Crippen LogP) is 2.94. The van der Waals surface area contributed by atoms with Gasteiger partial charge in [-0.25, -0.2) is 4.39 Å². The van der Waals surface area contributed by atoms with E-state index in [-0.39, 0.29) is 11.8 Å². The first-order valence-electron chi connectivity index (χ1n) is 5.29. The molecule has 0 saturated carbocycles. The van der Waals surface area contributed by atoms with Crippen molar-refractivity contribution in [2.75, 3.05) is 11.9 Å². The fourth-order valence-electron chi connectivity index (χ4n) is 1.29. The second-order valence-electron chi connectivity index (χ2n) is 3.31. The van der Waals surface area contributed by atoms with E-state index < -0.39 is 5.82 Å². The molecule has 0 bridgehead atoms. The second-order valence-corrected chi connectivity index (χ2v) is 3.31. The third-order valence-corrected chi connectivity index (χ3v) is 2.14. The van der Waals surface area contributed by atoms with E-state index in [1.807, 2.05) is 6.92 Å². The molecule has 1 aromatic rings. The highest BCUT2D eigenvalue weighted by molar-refractivity contribution is 5.48. The van der Waals surface area contributed by atoms with E-state index in [0.717, 1.165) is 0 Å². The Bertz CT molecular complexity index is 387. The van der Waals surface area contributed by atoms with Crippen LogP contribution in [0.3, 0.4) is 0 Å². The average Bonchev–Trinajstić information content (AvgIpc) is 2.29. The molecule has 4 heteroatoms. The maximum atomic E-state index is 13.4. The quantitative estimate of drug-likeness (QED) is 0.833. The van der Waals surface area contributed by atoms with Gasteiger partial charge < -0.3 is 10.1 Å². The largest absolute Gasteiger partial charge is 0.491 e. The summed E-state index contributed by atoms with van der Waals surface area (Å²) in [6, 6.07) is 6.40. The summed E-state index contributed by atoms with van der Waals surface area (Å²) in [5, 5.41) is 11.7. The molecular formula is C12H15FN2O. The van der Waals surface area contributed by atoms with Crippen LogP contribution >= 0.6 is 0 Å². The summed E-state index contributed by atoms with van der Waals surface area (Å²) in [7, 11) is 0. The minimum atomic E-state index is -0.417. The molecule has 0 radical (unpaired) electrons. The van der Waals surface area contributed by atoms with Crippen LogP contribution in [0.1, 0.15) is 20.3 Å². The maximum Gasteiger partial charge on any atom is 0.167 e. The van der Waals surface area contributed by atoms with Gasteiger partial charge in [0.15, 0.2) is 11.6 Å². The Hall–Kier alpha value is -1.76. The van der Waals surface area contributed by atoms with Gasteiger partial charge in [-0.3, -0.25) is 0 Å². The molecule has 0 fully saturated rings. The molecule has 1 atom stereocenters. The highest BCUT2D eigenvalue weighted by Crippen LogP contribution is 2.21. The first-order valence-corrected chi connectivity index (χ1v) is 5.29. The molecule has 0 aliphatic carbocycles. The van der Waals surface area contributed by atoms with Gasteiger partial charge in [-0.1, -0.05) is 6.92 Å². The molecule has 0 aliphatic heterocycles. The molecule has 0 spiro atoms. The number of hydrogen-bond acceptors (Lipinski definition) is 3. The van der Waals surface area contributed by atoms with E-state index in [4.69, 9.17) is 10.00 Å². The van der Waals surface area contributed by atoms with Gasteiger partial charge in [0.2, 0.25) is 0 Å². The molecule has 3 nitrogen and oxygen atoms in total. The summed E-state index contributed by atoms with van der Waals surface area (Å²) in [5.41, 5.74) is 0.592. The number of halogens is 1. The van der Waals surface area contributed by atoms with Crippen molar-refractivity contribution in [2.24, 2.45) is 0 Å². The molecule has 1 unspecified atom stereocenters. The van der Waals surface area contributed by atoms with Crippen molar-refractivity contribution in [3.63, 3.8) is 0 Å². The zero-order chi connectivity index (χ0) is 12.0. The molecule has 0 heterocycles. The molecule has 0 aliphatic rings. The molecule has 0 aromatic heterocycles. The summed E-state index contributed by atoms with van der Waals surface area (Å²) >= 11 is 0. The van der Waals surface area contributed by atoms with Crippen LogP contribution in [0.15, 0.2) is 18.2 Å². The lowest BCUT2D eigenvalue weighted by atomic mass is 10.2. The van der Waals surface area contributed by atoms with Gasteiger partial charge in [0.25, 0.3) is 0 Å². The van der Waals surface area contributed by atoms with E-state index in [1.54, 1.807) is 19.1 Å². The smallest absolute Gasteiger partial charge is 0.167 e. The number of hydrogen-bond donors (Lipinski definition) is 1. The van der Waals surface area contributed by atoms with Crippen LogP contribution in [0.2, 0.25) is 0 Å². The molecule has 0 saturated heterocycles. The SMILES string of the molecule is CCOc1ccc(NC(C#N)CC)cc1F. The van der Waals surface area contributed by atoms with E-state index in [1.165, 1.54) is 6.07 Å². The molecule has 1 rings (SSSR count). The maximum absolute atomic E-state index is 13.4. The Morgan fingerprint density at radius 1 is 1.50 bits per heavy atom. The molecule has 1 N–H and O–H groups in total. The van der Waals surface area contributed by atoms with Crippen molar-refractivity contribution in [1.29, 1.82) is 5.26 Å². The predicted molar refractivity (Wildman–Crippen MR) is 60.9 cm³/mol. The zero-order valence-electron chi connectivity index (χ0n) is 9.46. The van der Waals surface area contributed by atoms with Crippen molar-refractivity contribution in [2.45, 2.75) is 26.3 Å². The Kier molecular flexibility index (Phi) is 4.59. The van der Waals surface area contributed by atoms with Gasteiger partial charge in [0.1, 0.15) is 6.04 Å². The zero-order valence-corrected chi connectivity index (χ0v) is 9.46. The van der Waals surface area contributed by atoms with E-state index in [0.29, 0.717) is 18.7 Å². The first-order chi connectivity index (χ1) is 7.71. The number of nitriles is 1. The number of benzene rings is 1. The highest BCUT2D eigenvalue weighted by Gasteiger charge is 2.07. The van der Waals surface area contributed by atoms with E-state index in [9.17, 15) is 4.39 Å². The monoisotopic (exact) mass is 222 g/mol. The highest BCUT2D eigenvalue weighted by atomic mass is 19.1. The Balaban J connectivity index is 2.77. The third-order valence-electron chi connectivity index (χ3n) is 2.14. The standard InChI is InChI=1S/C12H15FN2O/c1-3-9(8-14)15-10-5-6-12(16-4-2)11(13)7-10/h5-7,9,15H,3-4H2,1-2H3. The molecular weight excluding hydrogens is 207 g/mol. The lowest BCUT2D eigenvalue weighted by Gasteiger charge is -2.12. The number of nitrogens with one attached hydrogen (secondary N) is 1. The number of rotatable bonds is 5. The van der Waals surface area contributed by atoms with Gasteiger partial charge in [0, 0.05) is 11.8 Å². The van der Waals surface area contributed by atoms with E-state index in [2.05, 4.69) is 11.4 Å². The molecule has 16 heavy (non-hydrogen) atoms. The van der Waals surface area contributed by atoms with Crippen molar-refractivity contribution in [3.8, 4) is 11.8 Å². The summed E-state index contributed by atoms with van der Waals surface area (Å²) in [4.78, 5) is 0. The summed E-state index contributed by atoms with van der Waals surface area (Å²) in [6.45, 7) is 4.12. The van der Waals surface area contributed by atoms with Gasteiger partial charge >= 0.3 is 0 Å². The van der Waals surface area contributed by atoms with Crippen LogP contribution in [0.5, 0.6) is 5.75 Å². The Labute approximate surface area is 94.8 Å². The van der Waals surface area contributed by atoms with Crippen LogP contribution in [-0.2, 0) is 0 Å². The Morgan fingerprint density at radius 2 is 2.25 bits per heavy atom.